The summed E-state index contributed by atoms with van der Waals surface area (Å²) in [6.07, 6.45) is 7.70. The second-order valence-electron chi connectivity index (χ2n) is 12.1. The topological polar surface area (TPSA) is 102 Å². The number of hydrogen-bond acceptors (Lipinski definition) is 8. The van der Waals surface area contributed by atoms with Crippen molar-refractivity contribution in [3.05, 3.63) is 66.3 Å². The number of amides is 1. The van der Waals surface area contributed by atoms with Crippen molar-refractivity contribution in [3.63, 3.8) is 0 Å². The summed E-state index contributed by atoms with van der Waals surface area (Å²) in [4.78, 5) is 26.0. The van der Waals surface area contributed by atoms with Gasteiger partial charge in [0.15, 0.2) is 5.82 Å². The van der Waals surface area contributed by atoms with Gasteiger partial charge in [-0.2, -0.15) is 4.98 Å². The number of halogens is 1. The van der Waals surface area contributed by atoms with Crippen LogP contribution in [0.5, 0.6) is 0 Å². The largest absolute Gasteiger partial charge is 0.370 e. The summed E-state index contributed by atoms with van der Waals surface area (Å²) in [7, 11) is 1.81. The van der Waals surface area contributed by atoms with Gasteiger partial charge in [-0.25, -0.2) is 4.98 Å². The Balaban J connectivity index is 1.32. The number of piperidine rings is 1. The molecule has 1 amide bonds. The Bertz CT molecular complexity index is 1530. The van der Waals surface area contributed by atoms with Crippen molar-refractivity contribution >= 4 is 64.5 Å². The molecule has 0 unspecified atom stereocenters. The highest BCUT2D eigenvalue weighted by Gasteiger charge is 2.37. The number of rotatable bonds is 10. The summed E-state index contributed by atoms with van der Waals surface area (Å²) in [6.45, 7) is 8.99. The van der Waals surface area contributed by atoms with Gasteiger partial charge >= 0.3 is 0 Å². The van der Waals surface area contributed by atoms with Crippen LogP contribution >= 0.6 is 18.7 Å². The molecule has 2 aromatic carbocycles. The van der Waals surface area contributed by atoms with E-state index in [4.69, 9.17) is 11.6 Å². The van der Waals surface area contributed by atoms with E-state index in [1.54, 1.807) is 13.3 Å². The Labute approximate surface area is 259 Å². The van der Waals surface area contributed by atoms with Crippen LogP contribution in [0.25, 0.3) is 0 Å². The van der Waals surface area contributed by atoms with Crippen molar-refractivity contribution < 1.29 is 9.36 Å². The van der Waals surface area contributed by atoms with Crippen molar-refractivity contribution in [1.29, 1.82) is 0 Å². The predicted molar refractivity (Wildman–Crippen MR) is 180 cm³/mol. The monoisotopic (exact) mass is 621 g/mol. The molecule has 0 bridgehead atoms. The van der Waals surface area contributed by atoms with Crippen LogP contribution in [0, 0.1) is 11.8 Å². The number of hydrogen-bond donors (Lipinski definition) is 3. The van der Waals surface area contributed by atoms with Gasteiger partial charge in [-0.3, -0.25) is 4.79 Å². The predicted octanol–water partition coefficient (Wildman–Crippen LogP) is 6.55. The average molecular weight is 622 g/mol. The standard InChI is InChI=1S/C32H41ClN7O2P/c1-6-30(41)36-27-19-23(11-12-28(27)40-15-13-21(14-16-40)22-17-24(18-22)39(2)3)35-32-34-20-25(33)31(38-32)37-26-9-7-8-10-29(26)43(4,5)42/h6-12,19-22,24H,1,13-18H2,2-5H3,(H,36,41)(H2,34,35,37,38). The zero-order valence-corrected chi connectivity index (χ0v) is 27.0. The molecule has 2 fully saturated rings. The summed E-state index contributed by atoms with van der Waals surface area (Å²) in [5.74, 6) is 2.03. The molecule has 5 rings (SSSR count). The molecule has 228 valence electrons. The molecule has 43 heavy (non-hydrogen) atoms. The van der Waals surface area contributed by atoms with E-state index in [0.717, 1.165) is 49.5 Å². The van der Waals surface area contributed by atoms with Crippen LogP contribution in [-0.4, -0.2) is 67.3 Å². The minimum absolute atomic E-state index is 0.269. The number of nitrogens with zero attached hydrogens (tertiary/aromatic N) is 4. The molecule has 1 aromatic heterocycles. The molecule has 0 atom stereocenters. The normalized spacial score (nSPS) is 19.1. The number of benzene rings is 2. The van der Waals surface area contributed by atoms with Gasteiger partial charge in [0.05, 0.1) is 23.3 Å². The molecular formula is C32H41ClN7O2P. The van der Waals surface area contributed by atoms with Crippen LogP contribution in [0.3, 0.4) is 0 Å². The Hall–Kier alpha value is -3.39. The van der Waals surface area contributed by atoms with E-state index in [1.807, 2.05) is 42.5 Å². The Morgan fingerprint density at radius 1 is 1.07 bits per heavy atom. The van der Waals surface area contributed by atoms with Gasteiger partial charge in [0.1, 0.15) is 12.2 Å². The average Bonchev–Trinajstić information content (AvgIpc) is 2.94. The van der Waals surface area contributed by atoms with Crippen LogP contribution < -0.4 is 26.2 Å². The zero-order chi connectivity index (χ0) is 30.7. The number of nitrogens with one attached hydrogen (secondary N) is 3. The number of anilines is 6. The van der Waals surface area contributed by atoms with E-state index in [1.165, 1.54) is 25.1 Å². The molecule has 3 N–H and O–H groups in total. The fourth-order valence-corrected chi connectivity index (χ4v) is 7.34. The molecule has 0 spiro atoms. The third-order valence-corrected chi connectivity index (χ3v) is 10.4. The third kappa shape index (κ3) is 7.40. The summed E-state index contributed by atoms with van der Waals surface area (Å²) in [6, 6.07) is 14.0. The quantitative estimate of drug-likeness (QED) is 0.173. The Kier molecular flexibility index (Phi) is 9.45. The highest BCUT2D eigenvalue weighted by atomic mass is 35.5. The second kappa shape index (κ2) is 13.1. The minimum atomic E-state index is -2.54. The molecule has 3 aromatic rings. The van der Waals surface area contributed by atoms with Crippen LogP contribution in [0.15, 0.2) is 61.3 Å². The lowest BCUT2D eigenvalue weighted by atomic mass is 9.69. The summed E-state index contributed by atoms with van der Waals surface area (Å²) in [5.41, 5.74) is 3.08. The van der Waals surface area contributed by atoms with Gasteiger partial charge in [-0.1, -0.05) is 30.3 Å². The SMILES string of the molecule is C=CC(=O)Nc1cc(Nc2ncc(Cl)c(Nc3ccccc3P(C)(C)=O)n2)ccc1N1CCC(C2CC(N(C)C)C2)CC1. The van der Waals surface area contributed by atoms with Crippen molar-refractivity contribution in [2.75, 3.05) is 61.4 Å². The molecule has 2 heterocycles. The van der Waals surface area contributed by atoms with Crippen LogP contribution in [0.2, 0.25) is 5.02 Å². The second-order valence-corrected chi connectivity index (χ2v) is 15.7. The van der Waals surface area contributed by atoms with Crippen molar-refractivity contribution in [2.45, 2.75) is 31.7 Å². The van der Waals surface area contributed by atoms with Gasteiger partial charge < -0.3 is 30.3 Å². The zero-order valence-electron chi connectivity index (χ0n) is 25.3. The maximum atomic E-state index is 12.8. The molecule has 11 heteroatoms. The first-order valence-corrected chi connectivity index (χ1v) is 17.7. The number of carbonyl (C=O) groups is 1. The maximum Gasteiger partial charge on any atom is 0.247 e. The van der Waals surface area contributed by atoms with Crippen molar-refractivity contribution in [3.8, 4) is 0 Å². The first-order chi connectivity index (χ1) is 20.5. The van der Waals surface area contributed by atoms with E-state index in [9.17, 15) is 9.36 Å². The molecule has 2 aliphatic rings. The van der Waals surface area contributed by atoms with Crippen molar-refractivity contribution in [1.82, 2.24) is 14.9 Å². The maximum absolute atomic E-state index is 12.8. The van der Waals surface area contributed by atoms with Gasteiger partial charge in [0.2, 0.25) is 11.9 Å². The lowest BCUT2D eigenvalue weighted by Gasteiger charge is -2.46. The molecular weight excluding hydrogens is 581 g/mol. The van der Waals surface area contributed by atoms with E-state index in [2.05, 4.69) is 56.4 Å². The van der Waals surface area contributed by atoms with E-state index >= 15 is 0 Å². The Morgan fingerprint density at radius 2 is 1.79 bits per heavy atom. The number of aromatic nitrogens is 2. The minimum Gasteiger partial charge on any atom is -0.370 e. The fourth-order valence-electron chi connectivity index (χ4n) is 6.04. The molecule has 1 saturated carbocycles. The number of carbonyl (C=O) groups excluding carboxylic acids is 1. The molecule has 1 saturated heterocycles. The first kappa shape index (κ1) is 31.0. The Morgan fingerprint density at radius 3 is 2.47 bits per heavy atom. The lowest BCUT2D eigenvalue weighted by Crippen LogP contribution is -2.46. The van der Waals surface area contributed by atoms with Gasteiger partial charge in [0, 0.05) is 30.1 Å². The smallest absolute Gasteiger partial charge is 0.247 e. The summed E-state index contributed by atoms with van der Waals surface area (Å²) >= 11 is 6.44. The molecule has 1 aliphatic carbocycles. The first-order valence-electron chi connectivity index (χ1n) is 14.7. The van der Waals surface area contributed by atoms with Gasteiger partial charge in [0.25, 0.3) is 0 Å². The van der Waals surface area contributed by atoms with E-state index < -0.39 is 7.14 Å². The van der Waals surface area contributed by atoms with Crippen molar-refractivity contribution in [2.24, 2.45) is 11.8 Å². The van der Waals surface area contributed by atoms with Gasteiger partial charge in [-0.05, 0) is 101 Å². The van der Waals surface area contributed by atoms with Crippen LogP contribution in [0.4, 0.5) is 34.5 Å². The number of para-hydroxylation sites is 1. The fraction of sp³-hybridized carbons (Fsp3) is 0.406. The highest BCUT2D eigenvalue weighted by molar-refractivity contribution is 7.70. The summed E-state index contributed by atoms with van der Waals surface area (Å²) < 4.78 is 12.8. The molecule has 1 aliphatic heterocycles. The van der Waals surface area contributed by atoms with Crippen LogP contribution in [0.1, 0.15) is 25.7 Å². The molecule has 9 nitrogen and oxygen atoms in total. The lowest BCUT2D eigenvalue weighted by molar-refractivity contribution is -0.111. The van der Waals surface area contributed by atoms with E-state index in [0.29, 0.717) is 39.2 Å². The van der Waals surface area contributed by atoms with E-state index in [-0.39, 0.29) is 5.91 Å². The van der Waals surface area contributed by atoms with Gasteiger partial charge in [-0.15, -0.1) is 0 Å². The highest BCUT2D eigenvalue weighted by Crippen LogP contribution is 2.42. The summed E-state index contributed by atoms with van der Waals surface area (Å²) in [5, 5.41) is 10.5. The third-order valence-electron chi connectivity index (χ3n) is 8.60. The molecule has 0 radical (unpaired) electrons. The van der Waals surface area contributed by atoms with Crippen LogP contribution in [-0.2, 0) is 9.36 Å².